The van der Waals surface area contributed by atoms with Crippen molar-refractivity contribution in [3.05, 3.63) is 83.9 Å². The van der Waals surface area contributed by atoms with Crippen molar-refractivity contribution in [2.24, 2.45) is 0 Å². The second kappa shape index (κ2) is 9.92. The van der Waals surface area contributed by atoms with Crippen LogP contribution in [0, 0.1) is 0 Å². The summed E-state index contributed by atoms with van der Waals surface area (Å²) >= 11 is 1.76. The third-order valence-corrected chi connectivity index (χ3v) is 9.07. The van der Waals surface area contributed by atoms with Crippen molar-refractivity contribution in [2.45, 2.75) is 54.2 Å². The van der Waals surface area contributed by atoms with Crippen LogP contribution < -0.4 is 4.90 Å². The first-order valence-electron chi connectivity index (χ1n) is 13.0. The maximum absolute atomic E-state index is 13.1. The highest BCUT2D eigenvalue weighted by atomic mass is 32.2. The number of aliphatic hydroxyl groups excluding tert-OH is 1. The molecule has 3 aromatic rings. The van der Waals surface area contributed by atoms with Gasteiger partial charge >= 0.3 is 0 Å². The third-order valence-electron chi connectivity index (χ3n) is 7.96. The maximum atomic E-state index is 13.1. The van der Waals surface area contributed by atoms with Crippen molar-refractivity contribution >= 4 is 29.0 Å². The van der Waals surface area contributed by atoms with Gasteiger partial charge in [-0.2, -0.15) is 0 Å². The van der Waals surface area contributed by atoms with Crippen molar-refractivity contribution in [3.8, 4) is 0 Å². The maximum Gasteiger partial charge on any atom is 0.253 e. The van der Waals surface area contributed by atoms with Gasteiger partial charge < -0.3 is 14.9 Å². The fourth-order valence-corrected chi connectivity index (χ4v) is 7.01. The Balaban J connectivity index is 1.25. The molecule has 3 heterocycles. The Morgan fingerprint density at radius 2 is 1.61 bits per heavy atom. The summed E-state index contributed by atoms with van der Waals surface area (Å²) in [6.45, 7) is 5.50. The molecule has 1 amide bonds. The number of anilines is 2. The van der Waals surface area contributed by atoms with Gasteiger partial charge in [-0.25, -0.2) is 0 Å². The van der Waals surface area contributed by atoms with Crippen LogP contribution in [0.15, 0.2) is 82.6 Å². The fraction of sp³-hybridized carbons (Fsp3) is 0.367. The van der Waals surface area contributed by atoms with Crippen LogP contribution in [0.5, 0.6) is 0 Å². The molecule has 3 aromatic carbocycles. The van der Waals surface area contributed by atoms with Gasteiger partial charge in [0.1, 0.15) is 0 Å². The number of para-hydroxylation sites is 1. The van der Waals surface area contributed by atoms with E-state index in [-0.39, 0.29) is 5.91 Å². The molecule has 0 spiro atoms. The first kappa shape index (κ1) is 23.6. The normalized spacial score (nSPS) is 21.2. The lowest BCUT2D eigenvalue weighted by atomic mass is 9.97. The van der Waals surface area contributed by atoms with Crippen LogP contribution >= 0.6 is 11.8 Å². The molecule has 2 saturated heterocycles. The molecule has 0 aromatic heterocycles. The Bertz CT molecular complexity index is 1240. The molecule has 0 bridgehead atoms. The predicted molar refractivity (Wildman–Crippen MR) is 145 cm³/mol. The number of β-amino-alcohol motifs (C(OH)–C–C–N with tert-alkyl or cyclic N) is 1. The first-order chi connectivity index (χ1) is 17.6. The SMILES string of the molecule is CC(c1ccccc1)N1CCC(N2c3ccccc3Sc3cc(C(=O)N4CCC(O)C4)ccc32)CC1. The zero-order valence-electron chi connectivity index (χ0n) is 20.7. The van der Waals surface area contributed by atoms with Gasteiger partial charge in [0.2, 0.25) is 0 Å². The van der Waals surface area contributed by atoms with Gasteiger partial charge in [0.05, 0.1) is 17.5 Å². The number of benzene rings is 3. The Hall–Kier alpha value is -2.80. The van der Waals surface area contributed by atoms with E-state index in [1.54, 1.807) is 16.7 Å². The van der Waals surface area contributed by atoms with Crippen LogP contribution in [0.3, 0.4) is 0 Å². The Labute approximate surface area is 217 Å². The lowest BCUT2D eigenvalue weighted by Gasteiger charge is -2.44. The first-order valence-corrected chi connectivity index (χ1v) is 13.9. The number of hydrogen-bond donors (Lipinski definition) is 1. The van der Waals surface area contributed by atoms with E-state index in [0.717, 1.165) is 30.8 Å². The fourth-order valence-electron chi connectivity index (χ4n) is 5.89. The van der Waals surface area contributed by atoms with Gasteiger partial charge in [0.25, 0.3) is 5.91 Å². The molecule has 6 heteroatoms. The highest BCUT2D eigenvalue weighted by Gasteiger charge is 2.34. The van der Waals surface area contributed by atoms with Crippen LogP contribution in [0.4, 0.5) is 11.4 Å². The minimum Gasteiger partial charge on any atom is -0.391 e. The minimum atomic E-state index is -0.404. The molecule has 2 unspecified atom stereocenters. The zero-order chi connectivity index (χ0) is 24.6. The van der Waals surface area contributed by atoms with E-state index in [4.69, 9.17) is 0 Å². The van der Waals surface area contributed by atoms with E-state index in [9.17, 15) is 9.90 Å². The summed E-state index contributed by atoms with van der Waals surface area (Å²) in [6.07, 6.45) is 2.46. The largest absolute Gasteiger partial charge is 0.391 e. The van der Waals surface area contributed by atoms with Crippen LogP contribution in [0.25, 0.3) is 0 Å². The molecular formula is C30H33N3O2S. The van der Waals surface area contributed by atoms with E-state index >= 15 is 0 Å². The van der Waals surface area contributed by atoms with Crippen LogP contribution in [-0.4, -0.2) is 59.1 Å². The highest BCUT2D eigenvalue weighted by Crippen LogP contribution is 2.50. The molecule has 0 radical (unpaired) electrons. The molecule has 6 rings (SSSR count). The molecular weight excluding hydrogens is 466 g/mol. The topological polar surface area (TPSA) is 47.0 Å². The number of aliphatic hydroxyl groups is 1. The average Bonchev–Trinajstić information content (AvgIpc) is 3.37. The van der Waals surface area contributed by atoms with Gasteiger partial charge in [-0.1, -0.05) is 54.2 Å². The number of likely N-dealkylation sites (tertiary alicyclic amines) is 2. The van der Waals surface area contributed by atoms with Crippen LogP contribution in [-0.2, 0) is 0 Å². The molecule has 3 aliphatic heterocycles. The molecule has 186 valence electrons. The number of carbonyl (C=O) groups excluding carboxylic acids is 1. The summed E-state index contributed by atoms with van der Waals surface area (Å²) in [5.41, 5.74) is 4.56. The van der Waals surface area contributed by atoms with Gasteiger partial charge in [0.15, 0.2) is 0 Å². The van der Waals surface area contributed by atoms with Gasteiger partial charge in [-0.3, -0.25) is 9.69 Å². The Morgan fingerprint density at radius 3 is 2.36 bits per heavy atom. The summed E-state index contributed by atoms with van der Waals surface area (Å²) in [6, 6.07) is 26.4. The number of rotatable bonds is 4. The number of carbonyl (C=O) groups is 1. The lowest BCUT2D eigenvalue weighted by Crippen LogP contribution is -2.44. The monoisotopic (exact) mass is 499 g/mol. The zero-order valence-corrected chi connectivity index (χ0v) is 21.5. The second-order valence-corrected chi connectivity index (χ2v) is 11.3. The van der Waals surface area contributed by atoms with Gasteiger partial charge in [-0.05, 0) is 62.1 Å². The average molecular weight is 500 g/mol. The molecule has 3 aliphatic rings. The summed E-state index contributed by atoms with van der Waals surface area (Å²) in [5, 5.41) is 9.89. The van der Waals surface area contributed by atoms with Crippen molar-refractivity contribution in [1.29, 1.82) is 0 Å². The van der Waals surface area contributed by atoms with E-state index in [2.05, 4.69) is 83.5 Å². The number of nitrogens with zero attached hydrogens (tertiary/aromatic N) is 3. The molecule has 1 N–H and O–H groups in total. The van der Waals surface area contributed by atoms with Crippen molar-refractivity contribution in [2.75, 3.05) is 31.1 Å². The summed E-state index contributed by atoms with van der Waals surface area (Å²) < 4.78 is 0. The number of hydrogen-bond acceptors (Lipinski definition) is 5. The molecule has 5 nitrogen and oxygen atoms in total. The van der Waals surface area contributed by atoms with Crippen LogP contribution in [0.1, 0.15) is 48.1 Å². The summed E-state index contributed by atoms with van der Waals surface area (Å²) in [4.78, 5) is 22.4. The van der Waals surface area contributed by atoms with E-state index in [1.807, 2.05) is 6.07 Å². The molecule has 2 atom stereocenters. The molecule has 36 heavy (non-hydrogen) atoms. The Kier molecular flexibility index (Phi) is 6.50. The minimum absolute atomic E-state index is 0.0172. The molecule has 0 aliphatic carbocycles. The van der Waals surface area contributed by atoms with E-state index < -0.39 is 6.10 Å². The molecule has 2 fully saturated rings. The number of fused-ring (bicyclic) bond motifs is 2. The van der Waals surface area contributed by atoms with Crippen molar-refractivity contribution < 1.29 is 9.90 Å². The molecule has 0 saturated carbocycles. The lowest BCUT2D eigenvalue weighted by molar-refractivity contribution is 0.0764. The van der Waals surface area contributed by atoms with Gasteiger partial charge in [-0.15, -0.1) is 0 Å². The predicted octanol–water partition coefficient (Wildman–Crippen LogP) is 5.72. The van der Waals surface area contributed by atoms with E-state index in [1.165, 1.54) is 21.8 Å². The van der Waals surface area contributed by atoms with Gasteiger partial charge in [0, 0.05) is 53.6 Å². The number of piperidine rings is 1. The smallest absolute Gasteiger partial charge is 0.253 e. The summed E-state index contributed by atoms with van der Waals surface area (Å²) in [7, 11) is 0. The van der Waals surface area contributed by atoms with Crippen molar-refractivity contribution in [1.82, 2.24) is 9.80 Å². The third kappa shape index (κ3) is 4.42. The van der Waals surface area contributed by atoms with E-state index in [0.29, 0.717) is 37.2 Å². The summed E-state index contributed by atoms with van der Waals surface area (Å²) in [5.74, 6) is 0.0172. The standard InChI is InChI=1S/C30H33N3O2S/c1-21(22-7-3-2-4-8-22)31-16-13-24(14-17-31)33-26-9-5-6-10-28(26)36-29-19-23(11-12-27(29)33)30(35)32-18-15-25(34)20-32/h2-12,19,21,24-25,34H,13-18,20H2,1H3. The van der Waals surface area contributed by atoms with Crippen molar-refractivity contribution in [3.63, 3.8) is 0 Å². The number of amides is 1. The van der Waals surface area contributed by atoms with Crippen LogP contribution in [0.2, 0.25) is 0 Å². The Morgan fingerprint density at radius 1 is 0.889 bits per heavy atom. The highest BCUT2D eigenvalue weighted by molar-refractivity contribution is 7.99. The quantitative estimate of drug-likeness (QED) is 0.497. The second-order valence-electron chi connectivity index (χ2n) is 10.2.